The zero-order chi connectivity index (χ0) is 17.6. The predicted octanol–water partition coefficient (Wildman–Crippen LogP) is 2.05. The first kappa shape index (κ1) is 17.2. The van der Waals surface area contributed by atoms with Gasteiger partial charge in [-0.1, -0.05) is 54.6 Å². The van der Waals surface area contributed by atoms with E-state index < -0.39 is 18.1 Å². The number of hydrogen-bond acceptors (Lipinski definition) is 3. The largest absolute Gasteiger partial charge is 0.368 e. The molecule has 0 saturated carbocycles. The monoisotopic (exact) mass is 338 g/mol. The van der Waals surface area contributed by atoms with Crippen LogP contribution in [-0.2, 0) is 20.7 Å². The minimum atomic E-state index is -0.737. The third kappa shape index (κ3) is 4.45. The average molecular weight is 338 g/mol. The Morgan fingerprint density at radius 1 is 1.08 bits per heavy atom. The van der Waals surface area contributed by atoms with Gasteiger partial charge < -0.3 is 15.8 Å². The second-order valence-electron chi connectivity index (χ2n) is 6.23. The molecule has 1 aliphatic rings. The first-order valence-corrected chi connectivity index (χ1v) is 8.49. The SMILES string of the molecule is NC(=O)[C@@H](Cc1ccc(-c2ccccc2)cc1)NC(=O)[C@H]1CCCO1. The molecule has 2 amide bonds. The summed E-state index contributed by atoms with van der Waals surface area (Å²) < 4.78 is 5.35. The Labute approximate surface area is 147 Å². The van der Waals surface area contributed by atoms with Crippen molar-refractivity contribution < 1.29 is 14.3 Å². The van der Waals surface area contributed by atoms with Crippen LogP contribution in [0.1, 0.15) is 18.4 Å². The van der Waals surface area contributed by atoms with Crippen LogP contribution < -0.4 is 11.1 Å². The van der Waals surface area contributed by atoms with Gasteiger partial charge in [0.05, 0.1) is 0 Å². The Balaban J connectivity index is 1.65. The van der Waals surface area contributed by atoms with E-state index in [1.165, 1.54) is 0 Å². The molecular weight excluding hydrogens is 316 g/mol. The van der Waals surface area contributed by atoms with Gasteiger partial charge in [-0.05, 0) is 29.5 Å². The number of amides is 2. The zero-order valence-corrected chi connectivity index (χ0v) is 14.0. The van der Waals surface area contributed by atoms with Gasteiger partial charge >= 0.3 is 0 Å². The lowest BCUT2D eigenvalue weighted by Gasteiger charge is -2.18. The van der Waals surface area contributed by atoms with Gasteiger partial charge in [0, 0.05) is 13.0 Å². The van der Waals surface area contributed by atoms with Gasteiger partial charge in [0.15, 0.2) is 0 Å². The zero-order valence-electron chi connectivity index (χ0n) is 14.0. The van der Waals surface area contributed by atoms with Crippen LogP contribution in [-0.4, -0.2) is 30.6 Å². The molecule has 1 aliphatic heterocycles. The Morgan fingerprint density at radius 3 is 2.36 bits per heavy atom. The van der Waals surface area contributed by atoms with Crippen molar-refractivity contribution in [2.45, 2.75) is 31.4 Å². The Morgan fingerprint density at radius 2 is 1.76 bits per heavy atom. The fourth-order valence-corrected chi connectivity index (χ4v) is 2.97. The molecule has 0 unspecified atom stereocenters. The van der Waals surface area contributed by atoms with E-state index in [4.69, 9.17) is 10.5 Å². The summed E-state index contributed by atoms with van der Waals surface area (Å²) in [5.74, 6) is -0.805. The maximum absolute atomic E-state index is 12.1. The summed E-state index contributed by atoms with van der Waals surface area (Å²) in [7, 11) is 0. The number of carbonyl (C=O) groups is 2. The maximum atomic E-state index is 12.1. The lowest BCUT2D eigenvalue weighted by Crippen LogP contribution is -2.49. The minimum Gasteiger partial charge on any atom is -0.368 e. The van der Waals surface area contributed by atoms with Crippen molar-refractivity contribution >= 4 is 11.8 Å². The average Bonchev–Trinajstić information content (AvgIpc) is 3.17. The van der Waals surface area contributed by atoms with Crippen molar-refractivity contribution in [3.63, 3.8) is 0 Å². The third-order valence-corrected chi connectivity index (χ3v) is 4.38. The number of nitrogens with two attached hydrogens (primary N) is 1. The van der Waals surface area contributed by atoms with Gasteiger partial charge in [-0.2, -0.15) is 0 Å². The van der Waals surface area contributed by atoms with Gasteiger partial charge in [-0.25, -0.2) is 0 Å². The lowest BCUT2D eigenvalue weighted by molar-refractivity contribution is -0.133. The van der Waals surface area contributed by atoms with Crippen LogP contribution in [0.2, 0.25) is 0 Å². The van der Waals surface area contributed by atoms with Gasteiger partial charge in [0.1, 0.15) is 12.1 Å². The summed E-state index contributed by atoms with van der Waals surface area (Å²) in [4.78, 5) is 23.9. The van der Waals surface area contributed by atoms with Crippen molar-refractivity contribution in [3.8, 4) is 11.1 Å². The molecular formula is C20H22N2O3. The summed E-state index contributed by atoms with van der Waals surface area (Å²) in [6.07, 6.45) is 1.44. The smallest absolute Gasteiger partial charge is 0.249 e. The molecule has 5 heteroatoms. The molecule has 2 aromatic carbocycles. The summed E-state index contributed by atoms with van der Waals surface area (Å²) in [6, 6.07) is 17.2. The molecule has 0 aromatic heterocycles. The number of rotatable bonds is 6. The Bertz CT molecular complexity index is 722. The fourth-order valence-electron chi connectivity index (χ4n) is 2.97. The molecule has 1 heterocycles. The fraction of sp³-hybridized carbons (Fsp3) is 0.300. The van der Waals surface area contributed by atoms with Gasteiger partial charge in [0.2, 0.25) is 11.8 Å². The van der Waals surface area contributed by atoms with Gasteiger partial charge in [-0.15, -0.1) is 0 Å². The quantitative estimate of drug-likeness (QED) is 0.846. The number of nitrogens with one attached hydrogen (secondary N) is 1. The van der Waals surface area contributed by atoms with E-state index in [9.17, 15) is 9.59 Å². The highest BCUT2D eigenvalue weighted by molar-refractivity contribution is 5.88. The second-order valence-corrected chi connectivity index (χ2v) is 6.23. The summed E-state index contributed by atoms with van der Waals surface area (Å²) in [5, 5.41) is 2.71. The normalized spacial score (nSPS) is 17.8. The van der Waals surface area contributed by atoms with E-state index in [1.54, 1.807) is 0 Å². The molecule has 0 aliphatic carbocycles. The third-order valence-electron chi connectivity index (χ3n) is 4.38. The molecule has 1 fully saturated rings. The minimum absolute atomic E-state index is 0.262. The standard InChI is InChI=1S/C20H22N2O3/c21-19(23)17(22-20(24)18-7-4-12-25-18)13-14-8-10-16(11-9-14)15-5-2-1-3-6-15/h1-3,5-6,8-11,17-18H,4,7,12-13H2,(H2,21,23)(H,22,24)/t17-,18-/m1/s1. The maximum Gasteiger partial charge on any atom is 0.249 e. The van der Waals surface area contributed by atoms with E-state index in [2.05, 4.69) is 5.32 Å². The number of carbonyl (C=O) groups excluding carboxylic acids is 2. The Kier molecular flexibility index (Phi) is 5.46. The highest BCUT2D eigenvalue weighted by Crippen LogP contribution is 2.20. The van der Waals surface area contributed by atoms with E-state index >= 15 is 0 Å². The summed E-state index contributed by atoms with van der Waals surface area (Å²) >= 11 is 0. The van der Waals surface area contributed by atoms with Crippen molar-refractivity contribution in [2.75, 3.05) is 6.61 Å². The molecule has 2 aromatic rings. The lowest BCUT2D eigenvalue weighted by atomic mass is 10.00. The molecule has 0 bridgehead atoms. The molecule has 5 nitrogen and oxygen atoms in total. The molecule has 0 spiro atoms. The van der Waals surface area contributed by atoms with Crippen LogP contribution in [0.3, 0.4) is 0 Å². The molecule has 3 rings (SSSR count). The van der Waals surface area contributed by atoms with Crippen LogP contribution in [0, 0.1) is 0 Å². The highest BCUT2D eigenvalue weighted by Gasteiger charge is 2.27. The number of hydrogen-bond donors (Lipinski definition) is 2. The van der Waals surface area contributed by atoms with Crippen molar-refractivity contribution in [1.82, 2.24) is 5.32 Å². The van der Waals surface area contributed by atoms with E-state index in [0.29, 0.717) is 19.4 Å². The topological polar surface area (TPSA) is 81.4 Å². The molecule has 3 N–H and O–H groups in total. The van der Waals surface area contributed by atoms with E-state index in [1.807, 2.05) is 54.6 Å². The molecule has 0 radical (unpaired) electrons. The van der Waals surface area contributed by atoms with E-state index in [-0.39, 0.29) is 5.91 Å². The van der Waals surface area contributed by atoms with Crippen LogP contribution >= 0.6 is 0 Å². The van der Waals surface area contributed by atoms with Gasteiger partial charge in [0.25, 0.3) is 0 Å². The van der Waals surface area contributed by atoms with E-state index in [0.717, 1.165) is 23.1 Å². The van der Waals surface area contributed by atoms with Crippen molar-refractivity contribution in [3.05, 3.63) is 60.2 Å². The summed E-state index contributed by atoms with van der Waals surface area (Å²) in [6.45, 7) is 0.584. The number of ether oxygens (including phenoxy) is 1. The molecule has 2 atom stereocenters. The summed E-state index contributed by atoms with van der Waals surface area (Å²) in [5.41, 5.74) is 8.63. The van der Waals surface area contributed by atoms with Crippen LogP contribution in [0.4, 0.5) is 0 Å². The molecule has 1 saturated heterocycles. The first-order valence-electron chi connectivity index (χ1n) is 8.49. The second kappa shape index (κ2) is 7.94. The molecule has 130 valence electrons. The van der Waals surface area contributed by atoms with Crippen LogP contribution in [0.5, 0.6) is 0 Å². The first-order chi connectivity index (χ1) is 12.1. The predicted molar refractivity (Wildman–Crippen MR) is 95.7 cm³/mol. The Hall–Kier alpha value is -2.66. The van der Waals surface area contributed by atoms with Crippen LogP contribution in [0.25, 0.3) is 11.1 Å². The van der Waals surface area contributed by atoms with Crippen molar-refractivity contribution in [2.24, 2.45) is 5.73 Å². The van der Waals surface area contributed by atoms with Gasteiger partial charge in [-0.3, -0.25) is 9.59 Å². The van der Waals surface area contributed by atoms with Crippen LogP contribution in [0.15, 0.2) is 54.6 Å². The number of primary amides is 1. The highest BCUT2D eigenvalue weighted by atomic mass is 16.5. The molecule has 25 heavy (non-hydrogen) atoms. The number of benzene rings is 2. The van der Waals surface area contributed by atoms with Crippen molar-refractivity contribution in [1.29, 1.82) is 0 Å².